The zero-order chi connectivity index (χ0) is 16.8. The highest BCUT2D eigenvalue weighted by molar-refractivity contribution is 5.57. The Balaban J connectivity index is 1.52. The predicted molar refractivity (Wildman–Crippen MR) is 88.2 cm³/mol. The SMILES string of the molecule is CC1(C)OCC2(CO1)C[C@@H](O)[C@H](n1cc(-c3ccccc3)nn1)C2. The van der Waals surface area contributed by atoms with Gasteiger partial charge >= 0.3 is 0 Å². The van der Waals surface area contributed by atoms with E-state index in [1.165, 1.54) is 0 Å². The number of hydrogen-bond acceptors (Lipinski definition) is 5. The molecule has 1 saturated heterocycles. The minimum Gasteiger partial charge on any atom is -0.391 e. The Morgan fingerprint density at radius 1 is 1.12 bits per heavy atom. The molecule has 2 heterocycles. The second-order valence-electron chi connectivity index (χ2n) is 7.47. The number of aromatic nitrogens is 3. The minimum absolute atomic E-state index is 0.0941. The molecule has 24 heavy (non-hydrogen) atoms. The molecule has 6 heteroatoms. The van der Waals surface area contributed by atoms with Gasteiger partial charge in [-0.05, 0) is 26.7 Å². The maximum Gasteiger partial charge on any atom is 0.162 e. The van der Waals surface area contributed by atoms with Crippen molar-refractivity contribution in [2.75, 3.05) is 13.2 Å². The van der Waals surface area contributed by atoms with Crippen LogP contribution in [-0.2, 0) is 9.47 Å². The second kappa shape index (κ2) is 5.65. The van der Waals surface area contributed by atoms with Gasteiger partial charge in [0.25, 0.3) is 0 Å². The summed E-state index contributed by atoms with van der Waals surface area (Å²) in [7, 11) is 0. The number of aliphatic hydroxyl groups is 1. The number of nitrogens with zero attached hydrogens (tertiary/aromatic N) is 3. The molecule has 1 aliphatic heterocycles. The van der Waals surface area contributed by atoms with Gasteiger partial charge in [0.15, 0.2) is 5.79 Å². The van der Waals surface area contributed by atoms with Crippen molar-refractivity contribution in [3.05, 3.63) is 36.5 Å². The Morgan fingerprint density at radius 3 is 2.54 bits per heavy atom. The molecule has 2 aliphatic rings. The van der Waals surface area contributed by atoms with Gasteiger partial charge in [-0.3, -0.25) is 0 Å². The molecule has 128 valence electrons. The van der Waals surface area contributed by atoms with Crippen LogP contribution in [0.4, 0.5) is 0 Å². The first kappa shape index (κ1) is 15.7. The summed E-state index contributed by atoms with van der Waals surface area (Å²) in [5.74, 6) is -0.540. The van der Waals surface area contributed by atoms with Crippen LogP contribution in [0.3, 0.4) is 0 Å². The molecule has 1 spiro atoms. The zero-order valence-electron chi connectivity index (χ0n) is 14.1. The average Bonchev–Trinajstić information content (AvgIpc) is 3.17. The van der Waals surface area contributed by atoms with Gasteiger partial charge in [-0.25, -0.2) is 4.68 Å². The molecule has 6 nitrogen and oxygen atoms in total. The summed E-state index contributed by atoms with van der Waals surface area (Å²) in [4.78, 5) is 0. The molecule has 1 saturated carbocycles. The quantitative estimate of drug-likeness (QED) is 0.916. The van der Waals surface area contributed by atoms with Crippen LogP contribution in [0.1, 0.15) is 32.7 Å². The first-order valence-electron chi connectivity index (χ1n) is 8.40. The molecular formula is C18H23N3O3. The molecule has 1 aliphatic carbocycles. The van der Waals surface area contributed by atoms with Gasteiger partial charge in [0.2, 0.25) is 0 Å². The number of ether oxygens (including phenoxy) is 2. The van der Waals surface area contributed by atoms with Crippen molar-refractivity contribution in [1.82, 2.24) is 15.0 Å². The molecule has 0 unspecified atom stereocenters. The Labute approximate surface area is 141 Å². The van der Waals surface area contributed by atoms with Crippen LogP contribution in [-0.4, -0.2) is 45.2 Å². The van der Waals surface area contributed by atoms with Crippen LogP contribution in [0.25, 0.3) is 11.3 Å². The smallest absolute Gasteiger partial charge is 0.162 e. The van der Waals surface area contributed by atoms with E-state index in [0.29, 0.717) is 19.6 Å². The zero-order valence-corrected chi connectivity index (χ0v) is 14.1. The van der Waals surface area contributed by atoms with E-state index in [1.807, 2.05) is 50.4 Å². The van der Waals surface area contributed by atoms with Gasteiger partial charge in [-0.15, -0.1) is 5.10 Å². The van der Waals surface area contributed by atoms with E-state index in [1.54, 1.807) is 4.68 Å². The monoisotopic (exact) mass is 329 g/mol. The Hall–Kier alpha value is -1.76. The standard InChI is InChI=1S/C18H23N3O3/c1-17(2)23-11-18(12-24-17)8-15(16(22)9-18)21-10-14(19-20-21)13-6-4-3-5-7-13/h3-7,10,15-16,22H,8-9,11-12H2,1-2H3/t15-,16-/m1/s1. The van der Waals surface area contributed by atoms with Gasteiger partial charge < -0.3 is 14.6 Å². The number of benzene rings is 1. The van der Waals surface area contributed by atoms with Crippen molar-refractivity contribution in [1.29, 1.82) is 0 Å². The molecule has 0 amide bonds. The lowest BCUT2D eigenvalue weighted by atomic mass is 9.87. The van der Waals surface area contributed by atoms with E-state index in [0.717, 1.165) is 17.7 Å². The molecule has 1 aromatic heterocycles. The molecule has 4 rings (SSSR count). The average molecular weight is 329 g/mol. The number of rotatable bonds is 2. The van der Waals surface area contributed by atoms with E-state index in [9.17, 15) is 5.11 Å². The van der Waals surface area contributed by atoms with Crippen molar-refractivity contribution in [2.45, 2.75) is 44.6 Å². The van der Waals surface area contributed by atoms with Gasteiger partial charge in [0.1, 0.15) is 5.69 Å². The minimum atomic E-state index is -0.540. The molecular weight excluding hydrogens is 306 g/mol. The van der Waals surface area contributed by atoms with E-state index in [-0.39, 0.29) is 11.5 Å². The molecule has 2 fully saturated rings. The van der Waals surface area contributed by atoms with E-state index < -0.39 is 11.9 Å². The van der Waals surface area contributed by atoms with Crippen LogP contribution < -0.4 is 0 Å². The summed E-state index contributed by atoms with van der Waals surface area (Å²) >= 11 is 0. The van der Waals surface area contributed by atoms with Crippen molar-refractivity contribution >= 4 is 0 Å². The summed E-state index contributed by atoms with van der Waals surface area (Å²) in [5, 5.41) is 19.1. The van der Waals surface area contributed by atoms with E-state index in [4.69, 9.17) is 9.47 Å². The predicted octanol–water partition coefficient (Wildman–Crippen LogP) is 2.41. The van der Waals surface area contributed by atoms with Gasteiger partial charge in [-0.1, -0.05) is 35.5 Å². The van der Waals surface area contributed by atoms with Crippen molar-refractivity contribution < 1.29 is 14.6 Å². The van der Waals surface area contributed by atoms with Gasteiger partial charge in [-0.2, -0.15) is 0 Å². The third-order valence-corrected chi connectivity index (χ3v) is 5.10. The third kappa shape index (κ3) is 2.85. The fraction of sp³-hybridized carbons (Fsp3) is 0.556. The van der Waals surface area contributed by atoms with Crippen LogP contribution in [0, 0.1) is 5.41 Å². The maximum atomic E-state index is 10.6. The second-order valence-corrected chi connectivity index (χ2v) is 7.47. The van der Waals surface area contributed by atoms with Crippen LogP contribution in [0.15, 0.2) is 36.5 Å². The Bertz CT molecular complexity index is 703. The fourth-order valence-corrected chi connectivity index (χ4v) is 3.67. The Kier molecular flexibility index (Phi) is 3.71. The topological polar surface area (TPSA) is 69.4 Å². The molecule has 0 bridgehead atoms. The van der Waals surface area contributed by atoms with Crippen molar-refractivity contribution in [3.63, 3.8) is 0 Å². The first-order valence-corrected chi connectivity index (χ1v) is 8.40. The fourth-order valence-electron chi connectivity index (χ4n) is 3.67. The molecule has 0 radical (unpaired) electrons. The lowest BCUT2D eigenvalue weighted by molar-refractivity contribution is -0.285. The summed E-state index contributed by atoms with van der Waals surface area (Å²) < 4.78 is 13.5. The summed E-state index contributed by atoms with van der Waals surface area (Å²) in [6.45, 7) is 5.06. The molecule has 1 aromatic carbocycles. The Morgan fingerprint density at radius 2 is 1.83 bits per heavy atom. The van der Waals surface area contributed by atoms with Gasteiger partial charge in [0, 0.05) is 11.0 Å². The van der Waals surface area contributed by atoms with E-state index in [2.05, 4.69) is 10.3 Å². The van der Waals surface area contributed by atoms with Crippen molar-refractivity contribution in [2.24, 2.45) is 5.41 Å². The highest BCUT2D eigenvalue weighted by Crippen LogP contribution is 2.47. The largest absolute Gasteiger partial charge is 0.391 e. The lowest BCUT2D eigenvalue weighted by Gasteiger charge is -2.41. The van der Waals surface area contributed by atoms with Crippen molar-refractivity contribution in [3.8, 4) is 11.3 Å². The number of hydrogen-bond donors (Lipinski definition) is 1. The number of aliphatic hydroxyl groups excluding tert-OH is 1. The van der Waals surface area contributed by atoms with Crippen LogP contribution >= 0.6 is 0 Å². The van der Waals surface area contributed by atoms with E-state index >= 15 is 0 Å². The third-order valence-electron chi connectivity index (χ3n) is 5.10. The normalized spacial score (nSPS) is 28.3. The highest BCUT2D eigenvalue weighted by Gasteiger charge is 2.50. The molecule has 1 N–H and O–H groups in total. The lowest BCUT2D eigenvalue weighted by Crippen LogP contribution is -2.45. The highest BCUT2D eigenvalue weighted by atomic mass is 16.7. The maximum absolute atomic E-state index is 10.6. The molecule has 2 atom stereocenters. The van der Waals surface area contributed by atoms with Gasteiger partial charge in [0.05, 0.1) is 31.6 Å². The van der Waals surface area contributed by atoms with Crippen LogP contribution in [0.5, 0.6) is 0 Å². The first-order chi connectivity index (χ1) is 11.5. The van der Waals surface area contributed by atoms with Crippen LogP contribution in [0.2, 0.25) is 0 Å². The summed E-state index contributed by atoms with van der Waals surface area (Å²) in [5.41, 5.74) is 1.71. The summed E-state index contributed by atoms with van der Waals surface area (Å²) in [6.07, 6.45) is 2.89. The molecule has 2 aromatic rings. The summed E-state index contributed by atoms with van der Waals surface area (Å²) in [6, 6.07) is 9.85.